The van der Waals surface area contributed by atoms with Crippen LogP contribution in [0.2, 0.25) is 0 Å². The van der Waals surface area contributed by atoms with E-state index in [-0.39, 0.29) is 0 Å². The highest BCUT2D eigenvalue weighted by Crippen LogP contribution is 1.87. The third kappa shape index (κ3) is 6.00. The summed E-state index contributed by atoms with van der Waals surface area (Å²) in [7, 11) is 2.64. The summed E-state index contributed by atoms with van der Waals surface area (Å²) in [6, 6.07) is 0.466. The molecule has 0 heterocycles. The van der Waals surface area contributed by atoms with Crippen molar-refractivity contribution in [3.8, 4) is 0 Å². The monoisotopic (exact) mass is 157 g/mol. The van der Waals surface area contributed by atoms with Crippen molar-refractivity contribution in [2.24, 2.45) is 0 Å². The summed E-state index contributed by atoms with van der Waals surface area (Å²) in [5.74, 6) is 0. The van der Waals surface area contributed by atoms with Gasteiger partial charge in [0.15, 0.2) is 0 Å². The maximum absolute atomic E-state index is 3.25. The summed E-state index contributed by atoms with van der Waals surface area (Å²) < 4.78 is 0. The highest BCUT2D eigenvalue weighted by molar-refractivity contribution is 7.16. The summed E-state index contributed by atoms with van der Waals surface area (Å²) in [5, 5.41) is 3.25. The van der Waals surface area contributed by atoms with E-state index in [1.807, 2.05) is 19.1 Å². The van der Waals surface area contributed by atoms with Gasteiger partial charge in [-0.15, -0.1) is 9.24 Å². The molecule has 0 amide bonds. The lowest BCUT2D eigenvalue weighted by molar-refractivity contribution is 0.712. The number of rotatable bonds is 4. The third-order valence-corrected chi connectivity index (χ3v) is 1.38. The van der Waals surface area contributed by atoms with Crippen LogP contribution in [0, 0.1) is 0 Å². The molecule has 0 aliphatic carbocycles. The molecule has 2 heteroatoms. The van der Waals surface area contributed by atoms with Gasteiger partial charge >= 0.3 is 0 Å². The molecule has 0 aromatic carbocycles. The van der Waals surface area contributed by atoms with E-state index >= 15 is 0 Å². The highest BCUT2D eigenvalue weighted by Gasteiger charge is 1.88. The molecule has 0 spiro atoms. The average Bonchev–Trinajstić information content (AvgIpc) is 1.89. The van der Waals surface area contributed by atoms with Crippen LogP contribution in [0.15, 0.2) is 24.3 Å². The molecular weight excluding hydrogens is 141 g/mol. The zero-order valence-electron chi connectivity index (χ0n) is 6.67. The van der Waals surface area contributed by atoms with Gasteiger partial charge in [-0.05, 0) is 13.8 Å². The molecule has 58 valence electrons. The summed E-state index contributed by atoms with van der Waals surface area (Å²) in [6.45, 7) is 4.14. The van der Waals surface area contributed by atoms with Crippen LogP contribution < -0.4 is 5.32 Å². The van der Waals surface area contributed by atoms with E-state index < -0.39 is 0 Å². The molecule has 0 aromatic rings. The molecule has 0 saturated carbocycles. The average molecular weight is 157 g/mol. The SMILES string of the molecule is C/C=C\C=C/C(C)NCP. The molecule has 0 aromatic heterocycles. The van der Waals surface area contributed by atoms with E-state index in [1.54, 1.807) is 0 Å². The third-order valence-electron chi connectivity index (χ3n) is 1.14. The quantitative estimate of drug-likeness (QED) is 0.485. The van der Waals surface area contributed by atoms with E-state index in [9.17, 15) is 0 Å². The Hall–Kier alpha value is -0.130. The second-order valence-electron chi connectivity index (χ2n) is 2.11. The van der Waals surface area contributed by atoms with Gasteiger partial charge in [0, 0.05) is 12.3 Å². The van der Waals surface area contributed by atoms with Crippen molar-refractivity contribution in [3.05, 3.63) is 24.3 Å². The first kappa shape index (κ1) is 9.87. The molecule has 2 unspecified atom stereocenters. The van der Waals surface area contributed by atoms with Crippen molar-refractivity contribution in [1.82, 2.24) is 5.32 Å². The minimum absolute atomic E-state index is 0.466. The van der Waals surface area contributed by atoms with Crippen molar-refractivity contribution in [2.45, 2.75) is 19.9 Å². The fraction of sp³-hybridized carbons (Fsp3) is 0.500. The Morgan fingerprint density at radius 1 is 1.50 bits per heavy atom. The van der Waals surface area contributed by atoms with Crippen LogP contribution in [0.5, 0.6) is 0 Å². The smallest absolute Gasteiger partial charge is 0.0227 e. The molecule has 0 rings (SSSR count). The highest BCUT2D eigenvalue weighted by atomic mass is 31.0. The largest absolute Gasteiger partial charge is 0.307 e. The molecule has 1 nitrogen and oxygen atoms in total. The fourth-order valence-corrected chi connectivity index (χ4v) is 0.968. The lowest BCUT2D eigenvalue weighted by Gasteiger charge is -2.04. The van der Waals surface area contributed by atoms with Gasteiger partial charge in [-0.1, -0.05) is 24.3 Å². The van der Waals surface area contributed by atoms with Gasteiger partial charge in [0.2, 0.25) is 0 Å². The Labute approximate surface area is 65.8 Å². The maximum Gasteiger partial charge on any atom is 0.0227 e. The van der Waals surface area contributed by atoms with Crippen LogP contribution in [-0.4, -0.2) is 12.3 Å². The molecule has 2 atom stereocenters. The van der Waals surface area contributed by atoms with Crippen molar-refractivity contribution in [2.75, 3.05) is 6.29 Å². The molecule has 0 bridgehead atoms. The maximum atomic E-state index is 3.25. The second kappa shape index (κ2) is 6.98. The minimum Gasteiger partial charge on any atom is -0.307 e. The number of nitrogens with one attached hydrogen (secondary N) is 1. The van der Waals surface area contributed by atoms with Gasteiger partial charge < -0.3 is 5.32 Å². The van der Waals surface area contributed by atoms with Gasteiger partial charge in [0.05, 0.1) is 0 Å². The predicted molar refractivity (Wildman–Crippen MR) is 51.1 cm³/mol. The number of hydrogen-bond donors (Lipinski definition) is 1. The summed E-state index contributed by atoms with van der Waals surface area (Å²) in [4.78, 5) is 0. The molecule has 0 aliphatic heterocycles. The molecular formula is C8H16NP. The summed E-state index contributed by atoms with van der Waals surface area (Å²) >= 11 is 0. The topological polar surface area (TPSA) is 12.0 Å². The first-order valence-electron chi connectivity index (χ1n) is 3.54. The van der Waals surface area contributed by atoms with Gasteiger partial charge in [0.1, 0.15) is 0 Å². The lowest BCUT2D eigenvalue weighted by atomic mass is 10.3. The van der Waals surface area contributed by atoms with Gasteiger partial charge in [-0.2, -0.15) is 0 Å². The molecule has 0 aliphatic rings. The Balaban J connectivity index is 3.44. The first-order chi connectivity index (χ1) is 4.81. The van der Waals surface area contributed by atoms with Gasteiger partial charge in [0.25, 0.3) is 0 Å². The van der Waals surface area contributed by atoms with E-state index in [0.29, 0.717) is 6.04 Å². The Morgan fingerprint density at radius 2 is 2.20 bits per heavy atom. The van der Waals surface area contributed by atoms with E-state index in [1.165, 1.54) is 0 Å². The van der Waals surface area contributed by atoms with E-state index in [2.05, 4.69) is 33.6 Å². The second-order valence-corrected chi connectivity index (χ2v) is 2.52. The number of hydrogen-bond acceptors (Lipinski definition) is 1. The van der Waals surface area contributed by atoms with Gasteiger partial charge in [-0.25, -0.2) is 0 Å². The van der Waals surface area contributed by atoms with Crippen LogP contribution in [0.3, 0.4) is 0 Å². The van der Waals surface area contributed by atoms with Gasteiger partial charge in [-0.3, -0.25) is 0 Å². The van der Waals surface area contributed by atoms with Crippen LogP contribution >= 0.6 is 9.24 Å². The minimum atomic E-state index is 0.466. The Kier molecular flexibility index (Phi) is 6.89. The summed E-state index contributed by atoms with van der Waals surface area (Å²) in [5.41, 5.74) is 0. The standard InChI is InChI=1S/C8H16NP/c1-3-4-5-6-8(2)9-7-10/h3-6,8-9H,7,10H2,1-2H3/b4-3-,6-5-. The molecule has 0 radical (unpaired) electrons. The van der Waals surface area contributed by atoms with Crippen LogP contribution in [0.4, 0.5) is 0 Å². The molecule has 10 heavy (non-hydrogen) atoms. The van der Waals surface area contributed by atoms with Crippen LogP contribution in [-0.2, 0) is 0 Å². The van der Waals surface area contributed by atoms with Crippen molar-refractivity contribution >= 4 is 9.24 Å². The zero-order chi connectivity index (χ0) is 7.82. The van der Waals surface area contributed by atoms with E-state index in [4.69, 9.17) is 0 Å². The number of allylic oxidation sites excluding steroid dienone is 3. The summed E-state index contributed by atoms with van der Waals surface area (Å²) in [6.07, 6.45) is 9.17. The van der Waals surface area contributed by atoms with Crippen LogP contribution in [0.25, 0.3) is 0 Å². The molecule has 1 N–H and O–H groups in total. The zero-order valence-corrected chi connectivity index (χ0v) is 7.83. The van der Waals surface area contributed by atoms with Crippen molar-refractivity contribution in [1.29, 1.82) is 0 Å². The van der Waals surface area contributed by atoms with Crippen molar-refractivity contribution in [3.63, 3.8) is 0 Å². The van der Waals surface area contributed by atoms with E-state index in [0.717, 1.165) is 6.29 Å². The first-order valence-corrected chi connectivity index (χ1v) is 4.36. The molecule has 0 saturated heterocycles. The van der Waals surface area contributed by atoms with Crippen molar-refractivity contribution < 1.29 is 0 Å². The molecule has 0 fully saturated rings. The Bertz CT molecular complexity index is 118. The predicted octanol–water partition coefficient (Wildman–Crippen LogP) is 1.93. The van der Waals surface area contributed by atoms with Crippen LogP contribution in [0.1, 0.15) is 13.8 Å². The lowest BCUT2D eigenvalue weighted by Crippen LogP contribution is -2.21. The normalized spacial score (nSPS) is 15.1. The Morgan fingerprint density at radius 3 is 2.70 bits per heavy atom. The fourth-order valence-electron chi connectivity index (χ4n) is 0.596.